The third kappa shape index (κ3) is 3.19. The lowest BCUT2D eigenvalue weighted by Gasteiger charge is -2.09. The van der Waals surface area contributed by atoms with E-state index in [9.17, 15) is 18.9 Å². The molecule has 110 valence electrons. The Morgan fingerprint density at radius 1 is 1.14 bits per heavy atom. The minimum absolute atomic E-state index is 0.00229. The zero-order valence-corrected chi connectivity index (χ0v) is 11.4. The Labute approximate surface area is 122 Å². The summed E-state index contributed by atoms with van der Waals surface area (Å²) in [6, 6.07) is 5.42. The first-order chi connectivity index (χ1) is 9.92. The van der Waals surface area contributed by atoms with E-state index in [4.69, 9.17) is 21.1 Å². The molecular weight excluding hydrogens is 308 g/mol. The number of methoxy groups -OCH3 is 1. The molecule has 0 fully saturated rings. The van der Waals surface area contributed by atoms with E-state index in [1.165, 1.54) is 19.2 Å². The van der Waals surface area contributed by atoms with Gasteiger partial charge in [0.25, 0.3) is 0 Å². The van der Waals surface area contributed by atoms with Crippen LogP contribution in [0.25, 0.3) is 0 Å². The highest BCUT2D eigenvalue weighted by Crippen LogP contribution is 2.38. The molecule has 0 bridgehead atoms. The fourth-order valence-electron chi connectivity index (χ4n) is 1.60. The van der Waals surface area contributed by atoms with E-state index in [2.05, 4.69) is 0 Å². The lowest BCUT2D eigenvalue weighted by molar-refractivity contribution is -0.388. The molecule has 0 spiro atoms. The number of nitro groups is 1. The molecule has 5 nitrogen and oxygen atoms in total. The molecule has 0 aromatic heterocycles. The van der Waals surface area contributed by atoms with Gasteiger partial charge in [-0.05, 0) is 18.2 Å². The van der Waals surface area contributed by atoms with Crippen LogP contribution < -0.4 is 9.47 Å². The largest absolute Gasteiger partial charge is 0.497 e. The monoisotopic (exact) mass is 315 g/mol. The van der Waals surface area contributed by atoms with Crippen molar-refractivity contribution in [1.29, 1.82) is 0 Å². The molecule has 0 atom stereocenters. The van der Waals surface area contributed by atoms with Gasteiger partial charge in [0, 0.05) is 17.2 Å². The van der Waals surface area contributed by atoms with Gasteiger partial charge >= 0.3 is 5.69 Å². The molecule has 2 aromatic rings. The molecule has 21 heavy (non-hydrogen) atoms. The number of hydrogen-bond donors (Lipinski definition) is 0. The molecule has 0 unspecified atom stereocenters. The second-order valence-electron chi connectivity index (χ2n) is 3.89. The maximum Gasteiger partial charge on any atom is 0.347 e. The first-order valence-electron chi connectivity index (χ1n) is 5.57. The molecule has 0 aliphatic carbocycles. The summed E-state index contributed by atoms with van der Waals surface area (Å²) in [6.07, 6.45) is 0. The number of hydrogen-bond acceptors (Lipinski definition) is 4. The fraction of sp³-hybridized carbons (Fsp3) is 0.0769. The van der Waals surface area contributed by atoms with Crippen molar-refractivity contribution in [1.82, 2.24) is 0 Å². The average Bonchev–Trinajstić information content (AvgIpc) is 2.40. The van der Waals surface area contributed by atoms with Crippen LogP contribution in [0.3, 0.4) is 0 Å². The number of nitro benzene ring substituents is 1. The molecule has 0 heterocycles. The predicted molar refractivity (Wildman–Crippen MR) is 71.1 cm³/mol. The second kappa shape index (κ2) is 5.92. The minimum Gasteiger partial charge on any atom is -0.497 e. The van der Waals surface area contributed by atoms with Gasteiger partial charge in [-0.25, -0.2) is 4.39 Å². The topological polar surface area (TPSA) is 61.6 Å². The molecule has 0 saturated carbocycles. The van der Waals surface area contributed by atoms with Gasteiger partial charge in [0.15, 0.2) is 11.6 Å². The number of benzene rings is 2. The van der Waals surface area contributed by atoms with Crippen LogP contribution in [0, 0.1) is 21.7 Å². The summed E-state index contributed by atoms with van der Waals surface area (Å²) in [5.41, 5.74) is -0.912. The van der Waals surface area contributed by atoms with Gasteiger partial charge in [-0.15, -0.1) is 0 Å². The third-order valence-electron chi connectivity index (χ3n) is 2.53. The van der Waals surface area contributed by atoms with Crippen LogP contribution in [0.1, 0.15) is 0 Å². The quantitative estimate of drug-likeness (QED) is 0.622. The number of halogens is 3. The summed E-state index contributed by atoms with van der Waals surface area (Å²) in [7, 11) is 1.26. The molecule has 8 heteroatoms. The van der Waals surface area contributed by atoms with Gasteiger partial charge in [0.1, 0.15) is 5.75 Å². The van der Waals surface area contributed by atoms with Crippen LogP contribution in [0.4, 0.5) is 14.5 Å². The van der Waals surface area contributed by atoms with Gasteiger partial charge in [-0.2, -0.15) is 4.39 Å². The van der Waals surface area contributed by atoms with Crippen molar-refractivity contribution in [3.05, 3.63) is 57.1 Å². The Morgan fingerprint density at radius 2 is 1.86 bits per heavy atom. The van der Waals surface area contributed by atoms with Crippen molar-refractivity contribution in [3.8, 4) is 17.2 Å². The average molecular weight is 316 g/mol. The molecule has 0 N–H and O–H groups in total. The SMILES string of the molecule is COc1cc(F)c([N+](=O)[O-])c(Oc2ccc(Cl)cc2F)c1. The van der Waals surface area contributed by atoms with Crippen LogP contribution in [-0.2, 0) is 0 Å². The van der Waals surface area contributed by atoms with Crippen LogP contribution >= 0.6 is 11.6 Å². The lowest BCUT2D eigenvalue weighted by atomic mass is 10.2. The van der Waals surface area contributed by atoms with Crippen LogP contribution in [0.15, 0.2) is 30.3 Å². The Balaban J connectivity index is 2.51. The summed E-state index contributed by atoms with van der Waals surface area (Å²) >= 11 is 5.59. The zero-order valence-electron chi connectivity index (χ0n) is 10.6. The van der Waals surface area contributed by atoms with Crippen molar-refractivity contribution < 1.29 is 23.2 Å². The number of rotatable bonds is 4. The summed E-state index contributed by atoms with van der Waals surface area (Å²) in [6.45, 7) is 0. The van der Waals surface area contributed by atoms with Gasteiger partial charge in [-0.3, -0.25) is 10.1 Å². The zero-order chi connectivity index (χ0) is 15.6. The summed E-state index contributed by atoms with van der Waals surface area (Å²) < 4.78 is 37.2. The van der Waals surface area contributed by atoms with Crippen molar-refractivity contribution >= 4 is 17.3 Å². The van der Waals surface area contributed by atoms with Crippen LogP contribution in [0.5, 0.6) is 17.2 Å². The van der Waals surface area contributed by atoms with Crippen molar-refractivity contribution in [2.45, 2.75) is 0 Å². The van der Waals surface area contributed by atoms with Gasteiger partial charge in [-0.1, -0.05) is 11.6 Å². The lowest BCUT2D eigenvalue weighted by Crippen LogP contribution is -1.99. The number of nitrogens with zero attached hydrogens (tertiary/aromatic N) is 1. The van der Waals surface area contributed by atoms with Crippen LogP contribution in [0.2, 0.25) is 5.02 Å². The van der Waals surface area contributed by atoms with Gasteiger partial charge in [0.2, 0.25) is 11.6 Å². The Kier molecular flexibility index (Phi) is 4.23. The summed E-state index contributed by atoms with van der Waals surface area (Å²) in [5.74, 6) is -2.78. The molecule has 2 aromatic carbocycles. The highest BCUT2D eigenvalue weighted by Gasteiger charge is 2.25. The van der Waals surface area contributed by atoms with E-state index in [-0.39, 0.29) is 16.5 Å². The third-order valence-corrected chi connectivity index (χ3v) is 2.77. The van der Waals surface area contributed by atoms with Gasteiger partial charge in [0.05, 0.1) is 12.0 Å². The number of ether oxygens (including phenoxy) is 2. The highest BCUT2D eigenvalue weighted by molar-refractivity contribution is 6.30. The molecule has 0 aliphatic rings. The molecule has 0 aliphatic heterocycles. The van der Waals surface area contributed by atoms with Crippen molar-refractivity contribution in [3.63, 3.8) is 0 Å². The molecule has 0 amide bonds. The maximum absolute atomic E-state index is 13.7. The maximum atomic E-state index is 13.7. The summed E-state index contributed by atoms with van der Waals surface area (Å²) in [4.78, 5) is 9.94. The van der Waals surface area contributed by atoms with E-state index >= 15 is 0 Å². The van der Waals surface area contributed by atoms with E-state index in [1.54, 1.807) is 0 Å². The fourth-order valence-corrected chi connectivity index (χ4v) is 1.76. The Hall–Kier alpha value is -2.41. The van der Waals surface area contributed by atoms with Crippen molar-refractivity contribution in [2.24, 2.45) is 0 Å². The first kappa shape index (κ1) is 15.0. The molecule has 0 radical (unpaired) electrons. The Bertz CT molecular complexity index is 709. The van der Waals surface area contributed by atoms with Crippen molar-refractivity contribution in [2.75, 3.05) is 7.11 Å². The van der Waals surface area contributed by atoms with E-state index in [0.29, 0.717) is 0 Å². The smallest absolute Gasteiger partial charge is 0.347 e. The normalized spacial score (nSPS) is 10.3. The first-order valence-corrected chi connectivity index (χ1v) is 5.95. The molecular formula is C13H8ClF2NO4. The highest BCUT2D eigenvalue weighted by atomic mass is 35.5. The molecule has 2 rings (SSSR count). The van der Waals surface area contributed by atoms with E-state index in [0.717, 1.165) is 18.2 Å². The minimum atomic E-state index is -1.15. The standard InChI is InChI=1S/C13H8ClF2NO4/c1-20-8-5-10(16)13(17(18)19)12(6-8)21-11-3-2-7(14)4-9(11)15/h2-6H,1H3. The Morgan fingerprint density at radius 3 is 2.43 bits per heavy atom. The summed E-state index contributed by atoms with van der Waals surface area (Å²) in [5, 5.41) is 11.0. The second-order valence-corrected chi connectivity index (χ2v) is 4.33. The van der Waals surface area contributed by atoms with Gasteiger partial charge < -0.3 is 9.47 Å². The van der Waals surface area contributed by atoms with Crippen LogP contribution in [-0.4, -0.2) is 12.0 Å². The predicted octanol–water partition coefficient (Wildman–Crippen LogP) is 4.33. The van der Waals surface area contributed by atoms with E-state index < -0.39 is 28.0 Å². The molecule has 0 saturated heterocycles. The van der Waals surface area contributed by atoms with E-state index in [1.807, 2.05) is 0 Å².